The summed E-state index contributed by atoms with van der Waals surface area (Å²) >= 11 is 11.7. The van der Waals surface area contributed by atoms with Crippen molar-refractivity contribution in [1.29, 1.82) is 0 Å². The molecule has 3 rings (SSSR count). The Morgan fingerprint density at radius 3 is 2.88 bits per heavy atom. The van der Waals surface area contributed by atoms with Crippen LogP contribution in [0.15, 0.2) is 18.2 Å². The lowest BCUT2D eigenvalue weighted by molar-refractivity contribution is 0.224. The summed E-state index contributed by atoms with van der Waals surface area (Å²) < 4.78 is 2.98. The van der Waals surface area contributed by atoms with Gasteiger partial charge in [-0.2, -0.15) is 0 Å². The zero-order chi connectivity index (χ0) is 12.0. The average molecular weight is 267 g/mol. The molecule has 0 saturated heterocycles. The molecule has 1 atom stereocenters. The van der Waals surface area contributed by atoms with Crippen molar-refractivity contribution in [2.75, 3.05) is 0 Å². The Morgan fingerprint density at radius 2 is 2.24 bits per heavy atom. The number of aromatic nitrogens is 2. The Balaban J connectivity index is 2.20. The molecular formula is C13H15ClN2S. The molecule has 4 heteroatoms. The summed E-state index contributed by atoms with van der Waals surface area (Å²) in [6, 6.07) is 6.34. The van der Waals surface area contributed by atoms with Crippen LogP contribution in [0.3, 0.4) is 0 Å². The highest BCUT2D eigenvalue weighted by atomic mass is 35.5. The van der Waals surface area contributed by atoms with Gasteiger partial charge < -0.3 is 9.55 Å². The van der Waals surface area contributed by atoms with E-state index in [1.54, 1.807) is 0 Å². The molecule has 0 aliphatic heterocycles. The van der Waals surface area contributed by atoms with Gasteiger partial charge >= 0.3 is 0 Å². The number of nitrogens with one attached hydrogen (secondary N) is 1. The van der Waals surface area contributed by atoms with E-state index in [4.69, 9.17) is 23.8 Å². The number of fused-ring (bicyclic) bond motifs is 1. The van der Waals surface area contributed by atoms with Gasteiger partial charge in [-0.05, 0) is 50.0 Å². The molecule has 17 heavy (non-hydrogen) atoms. The normalized spacial score (nSPS) is 18.2. The molecule has 1 aromatic heterocycles. The van der Waals surface area contributed by atoms with Crippen LogP contribution in [0.1, 0.15) is 32.2 Å². The lowest BCUT2D eigenvalue weighted by Crippen LogP contribution is -2.22. The van der Waals surface area contributed by atoms with Crippen LogP contribution in [0.2, 0.25) is 5.02 Å². The molecule has 1 heterocycles. The molecule has 0 radical (unpaired) electrons. The van der Waals surface area contributed by atoms with E-state index in [0.29, 0.717) is 6.04 Å². The first-order chi connectivity index (χ1) is 8.18. The molecule has 2 nitrogen and oxygen atoms in total. The third-order valence-electron chi connectivity index (χ3n) is 3.93. The molecule has 1 saturated carbocycles. The Bertz CT molecular complexity index is 609. The predicted octanol–water partition coefficient (Wildman–Crippen LogP) is 4.71. The highest BCUT2D eigenvalue weighted by Gasteiger charge is 2.27. The number of rotatable bonds is 2. The predicted molar refractivity (Wildman–Crippen MR) is 74.2 cm³/mol. The van der Waals surface area contributed by atoms with Crippen molar-refractivity contribution < 1.29 is 0 Å². The van der Waals surface area contributed by atoms with Crippen molar-refractivity contribution in [3.63, 3.8) is 0 Å². The van der Waals surface area contributed by atoms with Gasteiger partial charge in [0.05, 0.1) is 16.1 Å². The zero-order valence-corrected chi connectivity index (χ0v) is 11.3. The highest BCUT2D eigenvalue weighted by molar-refractivity contribution is 7.71. The quantitative estimate of drug-likeness (QED) is 0.781. The average Bonchev–Trinajstić information content (AvgIpc) is 2.53. The third-order valence-corrected chi connectivity index (χ3v) is 4.53. The first-order valence-corrected chi connectivity index (χ1v) is 6.86. The van der Waals surface area contributed by atoms with E-state index in [1.807, 2.05) is 18.2 Å². The van der Waals surface area contributed by atoms with Gasteiger partial charge in [0.15, 0.2) is 4.77 Å². The van der Waals surface area contributed by atoms with E-state index in [9.17, 15) is 0 Å². The summed E-state index contributed by atoms with van der Waals surface area (Å²) in [5.41, 5.74) is 2.09. The Morgan fingerprint density at radius 1 is 1.47 bits per heavy atom. The molecule has 1 N–H and O–H groups in total. The second-order valence-electron chi connectivity index (χ2n) is 4.87. The fraction of sp³-hybridized carbons (Fsp3) is 0.462. The van der Waals surface area contributed by atoms with Gasteiger partial charge in [-0.3, -0.25) is 0 Å². The summed E-state index contributed by atoms with van der Waals surface area (Å²) in [6.45, 7) is 2.25. The first-order valence-electron chi connectivity index (χ1n) is 6.07. The molecule has 1 aliphatic carbocycles. The van der Waals surface area contributed by atoms with E-state index in [-0.39, 0.29) is 0 Å². The minimum atomic E-state index is 0.435. The van der Waals surface area contributed by atoms with Gasteiger partial charge in [0, 0.05) is 6.04 Å². The molecular weight excluding hydrogens is 252 g/mol. The van der Waals surface area contributed by atoms with Crippen LogP contribution in [0.4, 0.5) is 0 Å². The Labute approximate surface area is 111 Å². The lowest BCUT2D eigenvalue weighted by atomic mass is 9.80. The van der Waals surface area contributed by atoms with E-state index in [0.717, 1.165) is 26.7 Å². The van der Waals surface area contributed by atoms with E-state index in [2.05, 4.69) is 16.5 Å². The lowest BCUT2D eigenvalue weighted by Gasteiger charge is -2.32. The number of H-pyrrole nitrogens is 1. The summed E-state index contributed by atoms with van der Waals surface area (Å²) in [7, 11) is 0. The summed E-state index contributed by atoms with van der Waals surface area (Å²) in [5.74, 6) is 0.747. The number of benzene rings is 1. The van der Waals surface area contributed by atoms with Crippen LogP contribution in [0, 0.1) is 10.7 Å². The van der Waals surface area contributed by atoms with Crippen LogP contribution >= 0.6 is 23.8 Å². The standard InChI is InChI=1S/C13H15ClN2S/c1-8(9-4-2-5-9)16-12-10(14)6-3-7-11(12)15-13(16)17/h3,6-9H,2,4-5H2,1H3,(H,15,17). The van der Waals surface area contributed by atoms with Gasteiger partial charge in [-0.1, -0.05) is 24.1 Å². The molecule has 1 aliphatic rings. The zero-order valence-electron chi connectivity index (χ0n) is 9.74. The fourth-order valence-electron chi connectivity index (χ4n) is 2.66. The molecule has 1 aromatic carbocycles. The molecule has 0 bridgehead atoms. The van der Waals surface area contributed by atoms with E-state index < -0.39 is 0 Å². The second-order valence-corrected chi connectivity index (χ2v) is 5.66. The minimum absolute atomic E-state index is 0.435. The van der Waals surface area contributed by atoms with Crippen molar-refractivity contribution in [3.8, 4) is 0 Å². The van der Waals surface area contributed by atoms with Gasteiger partial charge in [-0.15, -0.1) is 0 Å². The molecule has 1 unspecified atom stereocenters. The SMILES string of the molecule is CC(C1CCC1)n1c(=S)[nH]c2cccc(Cl)c21. The smallest absolute Gasteiger partial charge is 0.178 e. The largest absolute Gasteiger partial charge is 0.331 e. The summed E-state index contributed by atoms with van der Waals surface area (Å²) in [6.07, 6.45) is 3.96. The number of hydrogen-bond donors (Lipinski definition) is 1. The number of para-hydroxylation sites is 1. The maximum absolute atomic E-state index is 6.30. The Hall–Kier alpha value is -0.800. The number of hydrogen-bond acceptors (Lipinski definition) is 1. The number of halogens is 1. The fourth-order valence-corrected chi connectivity index (χ4v) is 3.29. The van der Waals surface area contributed by atoms with Crippen LogP contribution < -0.4 is 0 Å². The van der Waals surface area contributed by atoms with E-state index in [1.165, 1.54) is 19.3 Å². The maximum atomic E-state index is 6.30. The molecule has 1 fully saturated rings. The Kier molecular flexibility index (Phi) is 2.75. The van der Waals surface area contributed by atoms with Gasteiger partial charge in [0.2, 0.25) is 0 Å². The van der Waals surface area contributed by atoms with Crippen molar-refractivity contribution in [2.24, 2.45) is 5.92 Å². The van der Waals surface area contributed by atoms with Crippen LogP contribution in [-0.4, -0.2) is 9.55 Å². The van der Waals surface area contributed by atoms with Crippen molar-refractivity contribution in [1.82, 2.24) is 9.55 Å². The first kappa shape index (κ1) is 11.3. The van der Waals surface area contributed by atoms with Gasteiger partial charge in [-0.25, -0.2) is 0 Å². The highest BCUT2D eigenvalue weighted by Crippen LogP contribution is 2.38. The van der Waals surface area contributed by atoms with Crippen LogP contribution in [0.25, 0.3) is 11.0 Å². The minimum Gasteiger partial charge on any atom is -0.331 e. The second kappa shape index (κ2) is 4.14. The van der Waals surface area contributed by atoms with Crippen molar-refractivity contribution >= 4 is 34.9 Å². The monoisotopic (exact) mass is 266 g/mol. The maximum Gasteiger partial charge on any atom is 0.178 e. The van der Waals surface area contributed by atoms with Gasteiger partial charge in [0.1, 0.15) is 0 Å². The summed E-state index contributed by atoms with van der Waals surface area (Å²) in [5, 5.41) is 0.779. The molecule has 0 amide bonds. The number of nitrogens with zero attached hydrogens (tertiary/aromatic N) is 1. The van der Waals surface area contributed by atoms with Crippen LogP contribution in [-0.2, 0) is 0 Å². The van der Waals surface area contributed by atoms with Crippen molar-refractivity contribution in [2.45, 2.75) is 32.2 Å². The van der Waals surface area contributed by atoms with Crippen molar-refractivity contribution in [3.05, 3.63) is 28.0 Å². The summed E-state index contributed by atoms with van der Waals surface area (Å²) in [4.78, 5) is 3.25. The molecule has 0 spiro atoms. The van der Waals surface area contributed by atoms with Crippen LogP contribution in [0.5, 0.6) is 0 Å². The topological polar surface area (TPSA) is 20.7 Å². The number of imidazole rings is 1. The third kappa shape index (κ3) is 1.72. The number of aromatic amines is 1. The van der Waals surface area contributed by atoms with Gasteiger partial charge in [0.25, 0.3) is 0 Å². The molecule has 2 aromatic rings. The van der Waals surface area contributed by atoms with E-state index >= 15 is 0 Å². The molecule has 90 valence electrons.